The maximum atomic E-state index is 13.4. The standard InChI is InChI=1S/C23H23BrN2O3/c1-3-20-22(23(29)25(2)18-7-5-4-6-8-18)19(14-27)21(15-28)26(20)13-16-9-11-17(24)12-10-16/h3-12,14-15,19-22H,1,13H2,2H3. The molecule has 0 saturated carbocycles. The van der Waals surface area contributed by atoms with Gasteiger partial charge in [-0.15, -0.1) is 6.58 Å². The molecule has 0 radical (unpaired) electrons. The molecule has 2 aromatic rings. The molecule has 2 aromatic carbocycles. The van der Waals surface area contributed by atoms with Gasteiger partial charge in [0.15, 0.2) is 0 Å². The number of hydrogen-bond donors (Lipinski definition) is 0. The van der Waals surface area contributed by atoms with Crippen LogP contribution in [0.15, 0.2) is 71.7 Å². The number of aldehydes is 2. The topological polar surface area (TPSA) is 57.7 Å². The normalized spacial score (nSPS) is 24.1. The second-order valence-electron chi connectivity index (χ2n) is 7.12. The fourth-order valence-electron chi connectivity index (χ4n) is 4.01. The van der Waals surface area contributed by atoms with Crippen molar-refractivity contribution >= 4 is 40.1 Å². The highest BCUT2D eigenvalue weighted by Gasteiger charge is 2.51. The van der Waals surface area contributed by atoms with Crippen molar-refractivity contribution in [1.82, 2.24) is 4.90 Å². The zero-order valence-corrected chi connectivity index (χ0v) is 17.7. The SMILES string of the molecule is C=CC1C(C(=O)N(C)c2ccccc2)C(C=O)C(C=O)N1Cc1ccc(Br)cc1. The van der Waals surface area contributed by atoms with Crippen molar-refractivity contribution in [3.8, 4) is 0 Å². The number of para-hydroxylation sites is 1. The highest BCUT2D eigenvalue weighted by molar-refractivity contribution is 9.10. The Morgan fingerprint density at radius 1 is 1.07 bits per heavy atom. The van der Waals surface area contributed by atoms with Gasteiger partial charge in [-0.3, -0.25) is 9.69 Å². The van der Waals surface area contributed by atoms with Gasteiger partial charge in [-0.2, -0.15) is 0 Å². The molecule has 29 heavy (non-hydrogen) atoms. The van der Waals surface area contributed by atoms with Crippen LogP contribution < -0.4 is 4.90 Å². The Hall–Kier alpha value is -2.57. The molecule has 1 fully saturated rings. The maximum absolute atomic E-state index is 13.4. The second-order valence-corrected chi connectivity index (χ2v) is 8.04. The molecule has 0 aromatic heterocycles. The number of carbonyl (C=O) groups is 3. The summed E-state index contributed by atoms with van der Waals surface area (Å²) in [5.41, 5.74) is 1.72. The first-order valence-electron chi connectivity index (χ1n) is 9.37. The molecule has 4 atom stereocenters. The number of carbonyl (C=O) groups excluding carboxylic acids is 3. The van der Waals surface area contributed by atoms with Crippen LogP contribution in [0, 0.1) is 11.8 Å². The van der Waals surface area contributed by atoms with Gasteiger partial charge in [0.05, 0.1) is 17.9 Å². The maximum Gasteiger partial charge on any atom is 0.232 e. The number of anilines is 1. The van der Waals surface area contributed by atoms with Gasteiger partial charge in [0.25, 0.3) is 0 Å². The van der Waals surface area contributed by atoms with Crippen molar-refractivity contribution in [3.63, 3.8) is 0 Å². The Labute approximate surface area is 179 Å². The van der Waals surface area contributed by atoms with Crippen molar-refractivity contribution < 1.29 is 14.4 Å². The molecule has 0 bridgehead atoms. The Kier molecular flexibility index (Phi) is 6.77. The molecule has 1 aliphatic rings. The summed E-state index contributed by atoms with van der Waals surface area (Å²) < 4.78 is 0.957. The predicted octanol–water partition coefficient (Wildman–Crippen LogP) is 3.48. The first kappa shape index (κ1) is 21.1. The summed E-state index contributed by atoms with van der Waals surface area (Å²) in [7, 11) is 1.69. The Morgan fingerprint density at radius 3 is 2.28 bits per heavy atom. The first-order chi connectivity index (χ1) is 14.0. The van der Waals surface area contributed by atoms with Crippen LogP contribution in [-0.4, -0.2) is 42.5 Å². The van der Waals surface area contributed by atoms with Crippen molar-refractivity contribution in [3.05, 3.63) is 77.3 Å². The molecule has 150 valence electrons. The predicted molar refractivity (Wildman–Crippen MR) is 116 cm³/mol. The highest BCUT2D eigenvalue weighted by atomic mass is 79.9. The van der Waals surface area contributed by atoms with Crippen LogP contribution in [0.3, 0.4) is 0 Å². The lowest BCUT2D eigenvalue weighted by atomic mass is 9.87. The quantitative estimate of drug-likeness (QED) is 0.474. The minimum Gasteiger partial charge on any atom is -0.315 e. The number of likely N-dealkylation sites (tertiary alicyclic amines) is 1. The molecule has 1 amide bonds. The van der Waals surface area contributed by atoms with E-state index in [1.54, 1.807) is 18.0 Å². The van der Waals surface area contributed by atoms with Crippen LogP contribution in [0.5, 0.6) is 0 Å². The van der Waals surface area contributed by atoms with E-state index in [0.29, 0.717) is 6.54 Å². The Bertz CT molecular complexity index is 885. The van der Waals surface area contributed by atoms with Crippen molar-refractivity contribution in [2.75, 3.05) is 11.9 Å². The van der Waals surface area contributed by atoms with E-state index in [9.17, 15) is 14.4 Å². The van der Waals surface area contributed by atoms with E-state index in [-0.39, 0.29) is 5.91 Å². The Morgan fingerprint density at radius 2 is 1.72 bits per heavy atom. The zero-order chi connectivity index (χ0) is 21.0. The summed E-state index contributed by atoms with van der Waals surface area (Å²) in [6.07, 6.45) is 3.17. The smallest absolute Gasteiger partial charge is 0.232 e. The van der Waals surface area contributed by atoms with Gasteiger partial charge in [0, 0.05) is 29.8 Å². The summed E-state index contributed by atoms with van der Waals surface area (Å²) in [5, 5.41) is 0. The fourth-order valence-corrected chi connectivity index (χ4v) is 4.27. The minimum atomic E-state index is -0.732. The van der Waals surface area contributed by atoms with Crippen molar-refractivity contribution in [1.29, 1.82) is 0 Å². The van der Waals surface area contributed by atoms with E-state index < -0.39 is 23.9 Å². The minimum absolute atomic E-state index is 0.205. The molecule has 4 unspecified atom stereocenters. The molecule has 3 rings (SSSR count). The van der Waals surface area contributed by atoms with Gasteiger partial charge in [-0.1, -0.05) is 52.3 Å². The summed E-state index contributed by atoms with van der Waals surface area (Å²) in [4.78, 5) is 40.7. The van der Waals surface area contributed by atoms with Gasteiger partial charge in [-0.05, 0) is 29.8 Å². The number of halogens is 1. The van der Waals surface area contributed by atoms with E-state index in [2.05, 4.69) is 22.5 Å². The van der Waals surface area contributed by atoms with Crippen LogP contribution in [0.1, 0.15) is 5.56 Å². The molecular weight excluding hydrogens is 432 g/mol. The lowest BCUT2D eigenvalue weighted by molar-refractivity contribution is -0.127. The third-order valence-electron chi connectivity index (χ3n) is 5.52. The van der Waals surface area contributed by atoms with E-state index >= 15 is 0 Å². The average molecular weight is 455 g/mol. The molecule has 5 nitrogen and oxygen atoms in total. The van der Waals surface area contributed by atoms with Gasteiger partial charge in [0.1, 0.15) is 12.6 Å². The number of hydrogen-bond acceptors (Lipinski definition) is 4. The average Bonchev–Trinajstić information content (AvgIpc) is 3.06. The van der Waals surface area contributed by atoms with E-state index in [0.717, 1.165) is 28.3 Å². The monoisotopic (exact) mass is 454 g/mol. The van der Waals surface area contributed by atoms with E-state index in [1.807, 2.05) is 59.5 Å². The van der Waals surface area contributed by atoms with Gasteiger partial charge >= 0.3 is 0 Å². The van der Waals surface area contributed by atoms with Crippen LogP contribution in [0.25, 0.3) is 0 Å². The number of benzene rings is 2. The second kappa shape index (κ2) is 9.29. The fraction of sp³-hybridized carbons (Fsp3) is 0.261. The lowest BCUT2D eigenvalue weighted by Gasteiger charge is -2.28. The summed E-state index contributed by atoms with van der Waals surface area (Å²) >= 11 is 3.41. The molecular formula is C23H23BrN2O3. The Balaban J connectivity index is 1.94. The van der Waals surface area contributed by atoms with Crippen molar-refractivity contribution in [2.45, 2.75) is 18.6 Å². The van der Waals surface area contributed by atoms with Gasteiger partial charge in [0.2, 0.25) is 5.91 Å². The van der Waals surface area contributed by atoms with Crippen LogP contribution in [0.2, 0.25) is 0 Å². The first-order valence-corrected chi connectivity index (χ1v) is 10.2. The van der Waals surface area contributed by atoms with Crippen molar-refractivity contribution in [2.24, 2.45) is 11.8 Å². The molecule has 0 N–H and O–H groups in total. The molecule has 6 heteroatoms. The molecule has 1 heterocycles. The molecule has 0 aliphatic carbocycles. The largest absolute Gasteiger partial charge is 0.315 e. The number of amides is 1. The zero-order valence-electron chi connectivity index (χ0n) is 16.1. The summed E-state index contributed by atoms with van der Waals surface area (Å²) in [6.45, 7) is 4.34. The van der Waals surface area contributed by atoms with Crippen LogP contribution >= 0.6 is 15.9 Å². The van der Waals surface area contributed by atoms with Crippen LogP contribution in [0.4, 0.5) is 5.69 Å². The highest BCUT2D eigenvalue weighted by Crippen LogP contribution is 2.37. The summed E-state index contributed by atoms with van der Waals surface area (Å²) in [5.74, 6) is -1.62. The molecule has 0 spiro atoms. The third kappa shape index (κ3) is 4.23. The third-order valence-corrected chi connectivity index (χ3v) is 6.05. The number of nitrogens with zero attached hydrogens (tertiary/aromatic N) is 2. The lowest BCUT2D eigenvalue weighted by Crippen LogP contribution is -2.41. The number of rotatable bonds is 7. The van der Waals surface area contributed by atoms with Gasteiger partial charge in [-0.25, -0.2) is 0 Å². The van der Waals surface area contributed by atoms with E-state index in [1.165, 1.54) is 0 Å². The molecule has 1 aliphatic heterocycles. The molecule has 1 saturated heterocycles. The summed E-state index contributed by atoms with van der Waals surface area (Å²) in [6, 6.07) is 15.9. The van der Waals surface area contributed by atoms with Gasteiger partial charge < -0.3 is 14.5 Å². The van der Waals surface area contributed by atoms with Crippen LogP contribution in [-0.2, 0) is 20.9 Å². The van der Waals surface area contributed by atoms with E-state index in [4.69, 9.17) is 0 Å².